The molecule has 0 aromatic rings. The highest BCUT2D eigenvalue weighted by atomic mass is 15.1. The fourth-order valence-corrected chi connectivity index (χ4v) is 3.27. The van der Waals surface area contributed by atoms with Gasteiger partial charge < -0.3 is 10.2 Å². The lowest BCUT2D eigenvalue weighted by Gasteiger charge is -2.32. The molecule has 2 aliphatic rings. The number of hydrogen-bond donors (Lipinski definition) is 1. The molecule has 0 bridgehead atoms. The van der Waals surface area contributed by atoms with E-state index in [0.29, 0.717) is 0 Å². The summed E-state index contributed by atoms with van der Waals surface area (Å²) in [7, 11) is 2.28. The first-order valence-corrected chi connectivity index (χ1v) is 7.67. The van der Waals surface area contributed by atoms with Gasteiger partial charge in [0, 0.05) is 25.7 Å². The van der Waals surface area contributed by atoms with Crippen molar-refractivity contribution in [3.63, 3.8) is 0 Å². The van der Waals surface area contributed by atoms with Crippen LogP contribution in [0.5, 0.6) is 0 Å². The van der Waals surface area contributed by atoms with E-state index in [1.165, 1.54) is 64.6 Å². The lowest BCUT2D eigenvalue weighted by Crippen LogP contribution is -2.42. The number of rotatable bonds is 6. The molecule has 2 fully saturated rings. The van der Waals surface area contributed by atoms with Crippen molar-refractivity contribution in [3.8, 4) is 0 Å². The second-order valence-corrected chi connectivity index (χ2v) is 6.38. The summed E-state index contributed by atoms with van der Waals surface area (Å²) in [6.45, 7) is 6.13. The third-order valence-electron chi connectivity index (χ3n) is 4.81. The van der Waals surface area contributed by atoms with Gasteiger partial charge in [-0.1, -0.05) is 26.2 Å². The summed E-state index contributed by atoms with van der Waals surface area (Å²) < 4.78 is 0. The molecular weight excluding hydrogens is 208 g/mol. The van der Waals surface area contributed by atoms with E-state index in [1.54, 1.807) is 0 Å². The van der Waals surface area contributed by atoms with E-state index in [4.69, 9.17) is 0 Å². The van der Waals surface area contributed by atoms with E-state index in [2.05, 4.69) is 24.2 Å². The maximum atomic E-state index is 3.77. The highest BCUT2D eigenvalue weighted by molar-refractivity contribution is 4.78. The molecule has 2 atom stereocenters. The minimum absolute atomic E-state index is 0.792. The van der Waals surface area contributed by atoms with Gasteiger partial charge in [-0.05, 0) is 44.6 Å². The minimum Gasteiger partial charge on any atom is -0.312 e. The van der Waals surface area contributed by atoms with E-state index in [-0.39, 0.29) is 0 Å². The molecule has 0 heterocycles. The standard InChI is InChI=1S/C15H30N2/c1-13-6-3-4-9-15(13)16-10-11-17(2)12-14-7-5-8-14/h13-16H,3-12H2,1-2H3. The number of likely N-dealkylation sites (N-methyl/N-ethyl adjacent to an activating group) is 1. The molecule has 0 saturated heterocycles. The molecule has 2 saturated carbocycles. The maximum absolute atomic E-state index is 3.77. The molecule has 2 nitrogen and oxygen atoms in total. The van der Waals surface area contributed by atoms with Crippen molar-refractivity contribution in [2.24, 2.45) is 11.8 Å². The molecule has 0 amide bonds. The van der Waals surface area contributed by atoms with Crippen LogP contribution in [0.2, 0.25) is 0 Å². The lowest BCUT2D eigenvalue weighted by atomic mass is 9.85. The fraction of sp³-hybridized carbons (Fsp3) is 1.00. The van der Waals surface area contributed by atoms with Gasteiger partial charge in [0.05, 0.1) is 0 Å². The van der Waals surface area contributed by atoms with Crippen molar-refractivity contribution in [2.45, 2.75) is 57.9 Å². The van der Waals surface area contributed by atoms with Crippen molar-refractivity contribution in [1.82, 2.24) is 10.2 Å². The number of nitrogens with zero attached hydrogens (tertiary/aromatic N) is 1. The van der Waals surface area contributed by atoms with Crippen molar-refractivity contribution >= 4 is 0 Å². The van der Waals surface area contributed by atoms with Crippen LogP contribution in [-0.2, 0) is 0 Å². The summed E-state index contributed by atoms with van der Waals surface area (Å²) >= 11 is 0. The highest BCUT2D eigenvalue weighted by Gasteiger charge is 2.21. The van der Waals surface area contributed by atoms with Crippen molar-refractivity contribution in [1.29, 1.82) is 0 Å². The molecule has 0 spiro atoms. The van der Waals surface area contributed by atoms with Crippen LogP contribution in [0.15, 0.2) is 0 Å². The average Bonchev–Trinajstić information content (AvgIpc) is 2.26. The zero-order valence-corrected chi connectivity index (χ0v) is 11.8. The van der Waals surface area contributed by atoms with Crippen LogP contribution < -0.4 is 5.32 Å². The van der Waals surface area contributed by atoms with Gasteiger partial charge in [-0.3, -0.25) is 0 Å². The van der Waals surface area contributed by atoms with E-state index in [0.717, 1.165) is 17.9 Å². The largest absolute Gasteiger partial charge is 0.312 e. The Morgan fingerprint density at radius 2 is 1.82 bits per heavy atom. The topological polar surface area (TPSA) is 15.3 Å². The third-order valence-corrected chi connectivity index (χ3v) is 4.81. The molecule has 2 unspecified atom stereocenters. The first-order valence-electron chi connectivity index (χ1n) is 7.67. The maximum Gasteiger partial charge on any atom is 0.0104 e. The Hall–Kier alpha value is -0.0800. The Balaban J connectivity index is 1.54. The predicted molar refractivity (Wildman–Crippen MR) is 74.3 cm³/mol. The first kappa shape index (κ1) is 13.4. The molecule has 1 N–H and O–H groups in total. The molecule has 2 rings (SSSR count). The van der Waals surface area contributed by atoms with E-state index < -0.39 is 0 Å². The van der Waals surface area contributed by atoms with Gasteiger partial charge in [0.15, 0.2) is 0 Å². The monoisotopic (exact) mass is 238 g/mol. The number of hydrogen-bond acceptors (Lipinski definition) is 2. The summed E-state index contributed by atoms with van der Waals surface area (Å²) in [5.41, 5.74) is 0. The Labute approximate surface area is 107 Å². The second kappa shape index (κ2) is 6.75. The van der Waals surface area contributed by atoms with Gasteiger partial charge in [-0.25, -0.2) is 0 Å². The molecule has 2 heteroatoms. The number of nitrogens with one attached hydrogen (secondary N) is 1. The van der Waals surface area contributed by atoms with Crippen LogP contribution in [0.1, 0.15) is 51.9 Å². The Morgan fingerprint density at radius 3 is 2.47 bits per heavy atom. The molecule has 17 heavy (non-hydrogen) atoms. The molecule has 0 aromatic carbocycles. The molecule has 0 aliphatic heterocycles. The minimum atomic E-state index is 0.792. The Kier molecular flexibility index (Phi) is 5.30. The van der Waals surface area contributed by atoms with Crippen LogP contribution >= 0.6 is 0 Å². The predicted octanol–water partition coefficient (Wildman–Crippen LogP) is 2.89. The molecule has 0 aromatic heterocycles. The van der Waals surface area contributed by atoms with Crippen molar-refractivity contribution < 1.29 is 0 Å². The van der Waals surface area contributed by atoms with Gasteiger partial charge in [0.25, 0.3) is 0 Å². The van der Waals surface area contributed by atoms with Gasteiger partial charge >= 0.3 is 0 Å². The van der Waals surface area contributed by atoms with Crippen LogP contribution in [0.25, 0.3) is 0 Å². The molecular formula is C15H30N2. The normalized spacial score (nSPS) is 30.5. The Bertz CT molecular complexity index is 213. The van der Waals surface area contributed by atoms with E-state index >= 15 is 0 Å². The quantitative estimate of drug-likeness (QED) is 0.765. The van der Waals surface area contributed by atoms with Crippen LogP contribution in [-0.4, -0.2) is 37.6 Å². The molecule has 100 valence electrons. The highest BCUT2D eigenvalue weighted by Crippen LogP contribution is 2.26. The van der Waals surface area contributed by atoms with Crippen molar-refractivity contribution in [2.75, 3.05) is 26.7 Å². The van der Waals surface area contributed by atoms with Gasteiger partial charge in [-0.15, -0.1) is 0 Å². The van der Waals surface area contributed by atoms with Crippen molar-refractivity contribution in [3.05, 3.63) is 0 Å². The van der Waals surface area contributed by atoms with E-state index in [1.807, 2.05) is 0 Å². The van der Waals surface area contributed by atoms with Crippen LogP contribution in [0, 0.1) is 11.8 Å². The summed E-state index contributed by atoms with van der Waals surface area (Å²) in [5.74, 6) is 1.90. The zero-order valence-electron chi connectivity index (χ0n) is 11.8. The molecule has 0 radical (unpaired) electrons. The summed E-state index contributed by atoms with van der Waals surface area (Å²) in [6.07, 6.45) is 10.1. The summed E-state index contributed by atoms with van der Waals surface area (Å²) in [4.78, 5) is 2.52. The van der Waals surface area contributed by atoms with Crippen LogP contribution in [0.4, 0.5) is 0 Å². The average molecular weight is 238 g/mol. The molecule has 2 aliphatic carbocycles. The Morgan fingerprint density at radius 1 is 1.06 bits per heavy atom. The second-order valence-electron chi connectivity index (χ2n) is 6.38. The summed E-state index contributed by atoms with van der Waals surface area (Å²) in [5, 5.41) is 3.77. The SMILES string of the molecule is CC1CCCCC1NCCN(C)CC1CCC1. The van der Waals surface area contributed by atoms with Gasteiger partial charge in [0.2, 0.25) is 0 Å². The van der Waals surface area contributed by atoms with Crippen LogP contribution in [0.3, 0.4) is 0 Å². The van der Waals surface area contributed by atoms with Gasteiger partial charge in [-0.2, -0.15) is 0 Å². The first-order chi connectivity index (χ1) is 8.25. The zero-order chi connectivity index (χ0) is 12.1. The summed E-state index contributed by atoms with van der Waals surface area (Å²) in [6, 6.07) is 0.792. The van der Waals surface area contributed by atoms with E-state index in [9.17, 15) is 0 Å². The lowest BCUT2D eigenvalue weighted by molar-refractivity contribution is 0.198. The third kappa shape index (κ3) is 4.26. The van der Waals surface area contributed by atoms with Gasteiger partial charge in [0.1, 0.15) is 0 Å². The smallest absolute Gasteiger partial charge is 0.0104 e. The fourth-order valence-electron chi connectivity index (χ4n) is 3.27.